The molecule has 0 saturated carbocycles. The Morgan fingerprint density at radius 1 is 1.62 bits per heavy atom. The highest BCUT2D eigenvalue weighted by Gasteiger charge is 2.34. The number of rotatable bonds is 3. The fraction of sp³-hybridized carbons (Fsp3) is 0.714. The van der Waals surface area contributed by atoms with Crippen molar-refractivity contribution < 1.29 is 14.6 Å². The molecule has 0 unspecified atom stereocenters. The summed E-state index contributed by atoms with van der Waals surface area (Å²) in [6, 6.07) is -0.247. The first-order chi connectivity index (χ1) is 9.87. The highest BCUT2D eigenvalue weighted by Crippen LogP contribution is 2.20. The van der Waals surface area contributed by atoms with Gasteiger partial charge in [-0.1, -0.05) is 0 Å². The minimum atomic E-state index is -0.593. The molecule has 2 rings (SSSR count). The van der Waals surface area contributed by atoms with E-state index in [2.05, 4.69) is 10.3 Å². The first kappa shape index (κ1) is 16.2. The summed E-state index contributed by atoms with van der Waals surface area (Å²) < 4.78 is 5.48. The van der Waals surface area contributed by atoms with Crippen molar-refractivity contribution in [3.63, 3.8) is 0 Å². The van der Waals surface area contributed by atoms with Gasteiger partial charge in [0.1, 0.15) is 5.60 Å². The minimum absolute atomic E-state index is 0.247. The van der Waals surface area contributed by atoms with Crippen molar-refractivity contribution in [2.24, 2.45) is 0 Å². The second-order valence-corrected chi connectivity index (χ2v) is 6.93. The smallest absolute Gasteiger partial charge is 0.410 e. The first-order valence-corrected chi connectivity index (χ1v) is 8.06. The van der Waals surface area contributed by atoms with E-state index in [-0.39, 0.29) is 6.04 Å². The number of aromatic nitrogens is 1. The Bertz CT molecular complexity index is 459. The Labute approximate surface area is 129 Å². The van der Waals surface area contributed by atoms with Crippen LogP contribution in [0.2, 0.25) is 0 Å². The quantitative estimate of drug-likeness (QED) is 0.886. The summed E-state index contributed by atoms with van der Waals surface area (Å²) in [6.45, 7) is 7.14. The van der Waals surface area contributed by atoms with Crippen molar-refractivity contribution in [3.05, 3.63) is 16.6 Å². The number of nitrogens with one attached hydrogen (secondary N) is 1. The van der Waals surface area contributed by atoms with E-state index in [1.54, 1.807) is 10.4 Å². The zero-order valence-corrected chi connectivity index (χ0v) is 13.5. The molecule has 1 aliphatic rings. The van der Waals surface area contributed by atoms with Gasteiger partial charge in [0.05, 0.1) is 29.9 Å². The van der Waals surface area contributed by atoms with Gasteiger partial charge in [-0.2, -0.15) is 0 Å². The Morgan fingerprint density at radius 3 is 2.95 bits per heavy atom. The van der Waals surface area contributed by atoms with Gasteiger partial charge in [-0.05, 0) is 33.7 Å². The SMILES string of the molecule is CC(C)(C)OC(=O)N(Cc1cscn1)[C@H]1CCNC[C@H]1O. The number of β-amino-alcohol motifs (C(OH)–C–C–N with tert-alkyl or cyclic N) is 1. The Hall–Kier alpha value is -1.18. The van der Waals surface area contributed by atoms with Gasteiger partial charge < -0.3 is 15.2 Å². The van der Waals surface area contributed by atoms with Gasteiger partial charge in [-0.15, -0.1) is 11.3 Å². The van der Waals surface area contributed by atoms with Gasteiger partial charge in [0.15, 0.2) is 0 Å². The van der Waals surface area contributed by atoms with Crippen molar-refractivity contribution in [1.29, 1.82) is 0 Å². The number of hydrogen-bond donors (Lipinski definition) is 2. The summed E-state index contributed by atoms with van der Waals surface area (Å²) in [7, 11) is 0. The predicted octanol–water partition coefficient (Wildman–Crippen LogP) is 1.60. The molecule has 118 valence electrons. The van der Waals surface area contributed by atoms with Gasteiger partial charge in [-0.3, -0.25) is 4.90 Å². The van der Waals surface area contributed by atoms with E-state index in [1.165, 1.54) is 11.3 Å². The number of aliphatic hydroxyl groups is 1. The van der Waals surface area contributed by atoms with Gasteiger partial charge >= 0.3 is 6.09 Å². The topological polar surface area (TPSA) is 74.7 Å². The van der Waals surface area contributed by atoms with Crippen LogP contribution in [-0.4, -0.2) is 51.9 Å². The Kier molecular flexibility index (Phi) is 5.18. The van der Waals surface area contributed by atoms with Crippen LogP contribution in [0.15, 0.2) is 10.9 Å². The third kappa shape index (κ3) is 4.66. The van der Waals surface area contributed by atoms with Crippen molar-refractivity contribution in [2.45, 2.75) is 51.5 Å². The zero-order valence-electron chi connectivity index (χ0n) is 12.7. The molecule has 0 radical (unpaired) electrons. The summed E-state index contributed by atoms with van der Waals surface area (Å²) >= 11 is 1.49. The van der Waals surface area contributed by atoms with Crippen LogP contribution in [0.3, 0.4) is 0 Å². The van der Waals surface area contributed by atoms with Gasteiger partial charge in [0.25, 0.3) is 0 Å². The molecule has 21 heavy (non-hydrogen) atoms. The van der Waals surface area contributed by atoms with Crippen molar-refractivity contribution in [3.8, 4) is 0 Å². The maximum absolute atomic E-state index is 12.5. The maximum atomic E-state index is 12.5. The molecule has 1 aliphatic heterocycles. The predicted molar refractivity (Wildman–Crippen MR) is 81.2 cm³/mol. The summed E-state index contributed by atoms with van der Waals surface area (Å²) in [6.07, 6.45) is -0.295. The van der Waals surface area contributed by atoms with E-state index >= 15 is 0 Å². The van der Waals surface area contributed by atoms with Crippen molar-refractivity contribution in [2.75, 3.05) is 13.1 Å². The van der Waals surface area contributed by atoms with Crippen LogP contribution in [0.5, 0.6) is 0 Å². The van der Waals surface area contributed by atoms with Gasteiger partial charge in [0.2, 0.25) is 0 Å². The largest absolute Gasteiger partial charge is 0.444 e. The number of amides is 1. The number of carbonyl (C=O) groups excluding carboxylic acids is 1. The fourth-order valence-corrected chi connectivity index (χ4v) is 2.87. The Morgan fingerprint density at radius 2 is 2.38 bits per heavy atom. The molecular formula is C14H23N3O3S. The number of ether oxygens (including phenoxy) is 1. The van der Waals surface area contributed by atoms with Gasteiger partial charge in [-0.25, -0.2) is 9.78 Å². The van der Waals surface area contributed by atoms with Crippen LogP contribution in [0, 0.1) is 0 Å². The number of carbonyl (C=O) groups is 1. The average Bonchev–Trinajstić information content (AvgIpc) is 2.88. The molecule has 2 N–H and O–H groups in total. The molecule has 0 spiro atoms. The monoisotopic (exact) mass is 313 g/mol. The molecule has 1 saturated heterocycles. The lowest BCUT2D eigenvalue weighted by Gasteiger charge is -2.38. The number of nitrogens with zero attached hydrogens (tertiary/aromatic N) is 2. The van der Waals surface area contributed by atoms with Crippen LogP contribution >= 0.6 is 11.3 Å². The first-order valence-electron chi connectivity index (χ1n) is 7.12. The van der Waals surface area contributed by atoms with E-state index in [9.17, 15) is 9.90 Å². The third-order valence-electron chi connectivity index (χ3n) is 3.26. The molecule has 0 bridgehead atoms. The van der Waals surface area contributed by atoms with E-state index in [1.807, 2.05) is 26.2 Å². The molecule has 0 aliphatic carbocycles. The summed E-state index contributed by atoms with van der Waals surface area (Å²) in [5.41, 5.74) is 1.99. The molecule has 1 fully saturated rings. The number of piperidine rings is 1. The Balaban J connectivity index is 2.14. The van der Waals surface area contributed by atoms with E-state index in [0.29, 0.717) is 19.5 Å². The second-order valence-electron chi connectivity index (χ2n) is 6.22. The average molecular weight is 313 g/mol. The molecule has 7 heteroatoms. The lowest BCUT2D eigenvalue weighted by molar-refractivity contribution is -0.0162. The summed E-state index contributed by atoms with van der Waals surface area (Å²) in [4.78, 5) is 18.3. The number of aliphatic hydroxyl groups excluding tert-OH is 1. The zero-order chi connectivity index (χ0) is 15.5. The van der Waals surface area contributed by atoms with Crippen molar-refractivity contribution in [1.82, 2.24) is 15.2 Å². The molecule has 6 nitrogen and oxygen atoms in total. The number of hydrogen-bond acceptors (Lipinski definition) is 6. The van der Waals surface area contributed by atoms with Crippen LogP contribution in [0.4, 0.5) is 4.79 Å². The lowest BCUT2D eigenvalue weighted by atomic mass is 10.0. The molecule has 1 aromatic heterocycles. The maximum Gasteiger partial charge on any atom is 0.410 e. The molecule has 0 aromatic carbocycles. The van der Waals surface area contributed by atoms with Gasteiger partial charge in [0, 0.05) is 11.9 Å². The lowest BCUT2D eigenvalue weighted by Crippen LogP contribution is -2.55. The molecule has 1 aromatic rings. The summed E-state index contributed by atoms with van der Waals surface area (Å²) in [5, 5.41) is 15.2. The minimum Gasteiger partial charge on any atom is -0.444 e. The number of thiazole rings is 1. The van der Waals surface area contributed by atoms with Crippen LogP contribution in [0.1, 0.15) is 32.9 Å². The van der Waals surface area contributed by atoms with Crippen LogP contribution < -0.4 is 5.32 Å². The van der Waals surface area contributed by atoms with Crippen LogP contribution in [-0.2, 0) is 11.3 Å². The van der Waals surface area contributed by atoms with Crippen molar-refractivity contribution >= 4 is 17.4 Å². The normalized spacial score (nSPS) is 22.9. The highest BCUT2D eigenvalue weighted by atomic mass is 32.1. The molecule has 2 heterocycles. The molecule has 1 amide bonds. The summed E-state index contributed by atoms with van der Waals surface area (Å²) in [5.74, 6) is 0. The second kappa shape index (κ2) is 6.72. The van der Waals surface area contributed by atoms with Crippen LogP contribution in [0.25, 0.3) is 0 Å². The highest BCUT2D eigenvalue weighted by molar-refractivity contribution is 7.07. The molecule has 2 atom stereocenters. The molecular weight excluding hydrogens is 290 g/mol. The van der Waals surface area contributed by atoms with E-state index in [4.69, 9.17) is 4.74 Å². The van der Waals surface area contributed by atoms with E-state index in [0.717, 1.165) is 12.2 Å². The standard InChI is InChI=1S/C14H23N3O3S/c1-14(2,3)20-13(19)17(7-10-8-21-9-16-10)11-4-5-15-6-12(11)18/h8-9,11-12,15,18H,4-7H2,1-3H3/t11-,12+/m0/s1. The third-order valence-corrected chi connectivity index (χ3v) is 3.89. The fourth-order valence-electron chi connectivity index (χ4n) is 2.32. The van der Waals surface area contributed by atoms with E-state index < -0.39 is 17.8 Å².